The van der Waals surface area contributed by atoms with Crippen LogP contribution >= 0.6 is 15.9 Å². The van der Waals surface area contributed by atoms with Crippen LogP contribution in [0.3, 0.4) is 0 Å². The number of amides is 3. The molecule has 3 N–H and O–H groups in total. The van der Waals surface area contributed by atoms with Crippen LogP contribution < -0.4 is 16.0 Å². The molecule has 0 fully saturated rings. The SMILES string of the molecule is CNC(=O)c1cccc(NC(=O)CCNC(=O)c2cc(F)ccc2Br)c1. The Kier molecular flexibility index (Phi) is 6.85. The third-order valence-electron chi connectivity index (χ3n) is 3.45. The number of hydrogen-bond acceptors (Lipinski definition) is 3. The molecule has 6 nitrogen and oxygen atoms in total. The minimum absolute atomic E-state index is 0.0306. The summed E-state index contributed by atoms with van der Waals surface area (Å²) in [6, 6.07) is 10.3. The van der Waals surface area contributed by atoms with Crippen LogP contribution in [0.1, 0.15) is 27.1 Å². The lowest BCUT2D eigenvalue weighted by Crippen LogP contribution is -2.28. The van der Waals surface area contributed by atoms with E-state index >= 15 is 0 Å². The van der Waals surface area contributed by atoms with E-state index in [2.05, 4.69) is 31.9 Å². The Morgan fingerprint density at radius 1 is 1.08 bits per heavy atom. The minimum Gasteiger partial charge on any atom is -0.355 e. The van der Waals surface area contributed by atoms with E-state index in [1.807, 2.05) is 0 Å². The highest BCUT2D eigenvalue weighted by molar-refractivity contribution is 9.10. The Hall–Kier alpha value is -2.74. The molecule has 136 valence electrons. The number of anilines is 1. The van der Waals surface area contributed by atoms with Gasteiger partial charge in [0.05, 0.1) is 5.56 Å². The first kappa shape index (κ1) is 19.6. The number of carbonyl (C=O) groups is 3. The van der Waals surface area contributed by atoms with Crippen LogP contribution in [0, 0.1) is 5.82 Å². The van der Waals surface area contributed by atoms with Crippen molar-refractivity contribution in [1.29, 1.82) is 0 Å². The molecule has 26 heavy (non-hydrogen) atoms. The van der Waals surface area contributed by atoms with Crippen LogP contribution in [0.2, 0.25) is 0 Å². The van der Waals surface area contributed by atoms with E-state index in [9.17, 15) is 18.8 Å². The van der Waals surface area contributed by atoms with Crippen LogP contribution in [0.15, 0.2) is 46.9 Å². The third kappa shape index (κ3) is 5.38. The number of benzene rings is 2. The molecule has 2 aromatic rings. The molecule has 0 unspecified atom stereocenters. The molecular formula is C18H17BrFN3O3. The fourth-order valence-electron chi connectivity index (χ4n) is 2.16. The van der Waals surface area contributed by atoms with Crippen LogP contribution in [-0.4, -0.2) is 31.3 Å². The summed E-state index contributed by atoms with van der Waals surface area (Å²) >= 11 is 3.18. The van der Waals surface area contributed by atoms with E-state index in [0.29, 0.717) is 15.7 Å². The van der Waals surface area contributed by atoms with Gasteiger partial charge in [0.15, 0.2) is 0 Å². The summed E-state index contributed by atoms with van der Waals surface area (Å²) < 4.78 is 13.7. The lowest BCUT2D eigenvalue weighted by atomic mass is 10.2. The zero-order valence-electron chi connectivity index (χ0n) is 13.9. The average molecular weight is 422 g/mol. The zero-order valence-corrected chi connectivity index (χ0v) is 15.5. The number of rotatable bonds is 6. The first-order valence-corrected chi connectivity index (χ1v) is 8.55. The van der Waals surface area contributed by atoms with E-state index in [1.165, 1.54) is 19.2 Å². The standard InChI is InChI=1S/C18H17BrFN3O3/c1-21-17(25)11-3-2-4-13(9-11)23-16(24)7-8-22-18(26)14-10-12(20)5-6-15(14)19/h2-6,9-10H,7-8H2,1H3,(H,21,25)(H,22,26)(H,23,24). The summed E-state index contributed by atoms with van der Waals surface area (Å²) in [5.74, 6) is -1.58. The molecule has 0 atom stereocenters. The Labute approximate surface area is 158 Å². The second-order valence-electron chi connectivity index (χ2n) is 5.34. The molecule has 0 saturated heterocycles. The van der Waals surface area contributed by atoms with Gasteiger partial charge in [0, 0.05) is 35.7 Å². The van der Waals surface area contributed by atoms with Crippen molar-refractivity contribution in [1.82, 2.24) is 10.6 Å². The predicted octanol–water partition coefficient (Wildman–Crippen LogP) is 2.71. The highest BCUT2D eigenvalue weighted by atomic mass is 79.9. The second kappa shape index (κ2) is 9.10. The van der Waals surface area contributed by atoms with E-state index in [4.69, 9.17) is 0 Å². The molecule has 0 aliphatic carbocycles. The summed E-state index contributed by atoms with van der Waals surface area (Å²) in [4.78, 5) is 35.6. The Balaban J connectivity index is 1.86. The topological polar surface area (TPSA) is 87.3 Å². The largest absolute Gasteiger partial charge is 0.355 e. The van der Waals surface area contributed by atoms with Gasteiger partial charge in [-0.2, -0.15) is 0 Å². The van der Waals surface area contributed by atoms with Gasteiger partial charge in [-0.05, 0) is 52.3 Å². The minimum atomic E-state index is -0.521. The monoisotopic (exact) mass is 421 g/mol. The van der Waals surface area contributed by atoms with Crippen LogP contribution in [0.25, 0.3) is 0 Å². The van der Waals surface area contributed by atoms with Crippen molar-refractivity contribution in [3.63, 3.8) is 0 Å². The maximum absolute atomic E-state index is 13.2. The molecule has 0 aliphatic rings. The van der Waals surface area contributed by atoms with Crippen molar-refractivity contribution in [2.45, 2.75) is 6.42 Å². The maximum atomic E-state index is 13.2. The quantitative estimate of drug-likeness (QED) is 0.669. The smallest absolute Gasteiger partial charge is 0.252 e. The number of halogens is 2. The van der Waals surface area contributed by atoms with Gasteiger partial charge in [-0.1, -0.05) is 6.07 Å². The molecule has 0 heterocycles. The van der Waals surface area contributed by atoms with E-state index in [0.717, 1.165) is 6.07 Å². The maximum Gasteiger partial charge on any atom is 0.252 e. The van der Waals surface area contributed by atoms with Crippen molar-refractivity contribution in [2.24, 2.45) is 0 Å². The van der Waals surface area contributed by atoms with Gasteiger partial charge in [0.2, 0.25) is 5.91 Å². The van der Waals surface area contributed by atoms with Gasteiger partial charge in [0.25, 0.3) is 11.8 Å². The molecule has 2 rings (SSSR count). The van der Waals surface area contributed by atoms with E-state index in [1.54, 1.807) is 24.3 Å². The molecule has 0 spiro atoms. The van der Waals surface area contributed by atoms with E-state index < -0.39 is 11.7 Å². The fraction of sp³-hybridized carbons (Fsp3) is 0.167. The zero-order chi connectivity index (χ0) is 19.1. The predicted molar refractivity (Wildman–Crippen MR) is 99.5 cm³/mol. The summed E-state index contributed by atoms with van der Waals surface area (Å²) in [5, 5.41) is 7.72. The van der Waals surface area contributed by atoms with Crippen molar-refractivity contribution >= 4 is 39.3 Å². The van der Waals surface area contributed by atoms with Gasteiger partial charge in [-0.25, -0.2) is 4.39 Å². The Morgan fingerprint density at radius 3 is 2.58 bits per heavy atom. The molecule has 2 aromatic carbocycles. The Morgan fingerprint density at radius 2 is 1.85 bits per heavy atom. The van der Waals surface area contributed by atoms with Crippen molar-refractivity contribution in [3.05, 3.63) is 63.9 Å². The fourth-order valence-corrected chi connectivity index (χ4v) is 2.59. The van der Waals surface area contributed by atoms with Crippen LogP contribution in [-0.2, 0) is 4.79 Å². The van der Waals surface area contributed by atoms with Crippen molar-refractivity contribution < 1.29 is 18.8 Å². The highest BCUT2D eigenvalue weighted by Crippen LogP contribution is 2.17. The third-order valence-corrected chi connectivity index (χ3v) is 4.14. The molecule has 0 aromatic heterocycles. The van der Waals surface area contributed by atoms with Crippen LogP contribution in [0.5, 0.6) is 0 Å². The highest BCUT2D eigenvalue weighted by Gasteiger charge is 2.12. The first-order chi connectivity index (χ1) is 12.4. The van der Waals surface area contributed by atoms with Gasteiger partial charge >= 0.3 is 0 Å². The summed E-state index contributed by atoms with van der Waals surface area (Å²) in [6.45, 7) is 0.0861. The summed E-state index contributed by atoms with van der Waals surface area (Å²) in [7, 11) is 1.52. The normalized spacial score (nSPS) is 10.1. The molecule has 0 aliphatic heterocycles. The number of nitrogens with one attached hydrogen (secondary N) is 3. The molecule has 0 saturated carbocycles. The lowest BCUT2D eigenvalue weighted by molar-refractivity contribution is -0.116. The summed E-state index contributed by atoms with van der Waals surface area (Å²) in [6.07, 6.45) is 0.0306. The lowest BCUT2D eigenvalue weighted by Gasteiger charge is -2.09. The van der Waals surface area contributed by atoms with E-state index in [-0.39, 0.29) is 30.3 Å². The van der Waals surface area contributed by atoms with Gasteiger partial charge in [-0.3, -0.25) is 14.4 Å². The molecule has 3 amide bonds. The molecular weight excluding hydrogens is 405 g/mol. The van der Waals surface area contributed by atoms with Crippen molar-refractivity contribution in [2.75, 3.05) is 18.9 Å². The molecule has 8 heteroatoms. The van der Waals surface area contributed by atoms with Gasteiger partial charge in [0.1, 0.15) is 5.82 Å². The number of hydrogen-bond donors (Lipinski definition) is 3. The van der Waals surface area contributed by atoms with Crippen LogP contribution in [0.4, 0.5) is 10.1 Å². The average Bonchev–Trinajstić information content (AvgIpc) is 2.63. The second-order valence-corrected chi connectivity index (χ2v) is 6.19. The molecule has 0 radical (unpaired) electrons. The first-order valence-electron chi connectivity index (χ1n) is 7.76. The summed E-state index contributed by atoms with van der Waals surface area (Å²) in [5.41, 5.74) is 1.06. The Bertz CT molecular complexity index is 842. The molecule has 0 bridgehead atoms. The van der Waals surface area contributed by atoms with Gasteiger partial charge in [-0.15, -0.1) is 0 Å². The van der Waals surface area contributed by atoms with Gasteiger partial charge < -0.3 is 16.0 Å². The van der Waals surface area contributed by atoms with Crippen molar-refractivity contribution in [3.8, 4) is 0 Å². The number of carbonyl (C=O) groups excluding carboxylic acids is 3.